The summed E-state index contributed by atoms with van der Waals surface area (Å²) in [5.74, 6) is -0.294. The number of nitrogens with one attached hydrogen (secondary N) is 1. The topological polar surface area (TPSA) is 85.4 Å². The molecule has 0 aliphatic rings. The van der Waals surface area contributed by atoms with E-state index in [1.807, 2.05) is 0 Å². The van der Waals surface area contributed by atoms with Crippen LogP contribution >= 0.6 is 11.6 Å². The average molecular weight is 355 g/mol. The van der Waals surface area contributed by atoms with E-state index in [-0.39, 0.29) is 17.1 Å². The molecule has 1 N–H and O–H groups in total. The molecule has 0 unspecified atom stereocenters. The molecule has 23 heavy (non-hydrogen) atoms. The van der Waals surface area contributed by atoms with Crippen LogP contribution in [-0.2, 0) is 14.6 Å². The Balaban J connectivity index is 1.95. The fourth-order valence-corrected chi connectivity index (χ4v) is 3.34. The van der Waals surface area contributed by atoms with Gasteiger partial charge in [-0.15, -0.1) is 0 Å². The highest BCUT2D eigenvalue weighted by Crippen LogP contribution is 2.17. The molecule has 0 atom stereocenters. The predicted octanol–water partition coefficient (Wildman–Crippen LogP) is 2.55. The fraction of sp³-hybridized carbons (Fsp3) is 0.200. The van der Waals surface area contributed by atoms with Gasteiger partial charge >= 0.3 is 0 Å². The second-order valence-corrected chi connectivity index (χ2v) is 7.21. The van der Waals surface area contributed by atoms with E-state index in [0.717, 1.165) is 0 Å². The average Bonchev–Trinajstić information content (AvgIpc) is 2.54. The van der Waals surface area contributed by atoms with Crippen LogP contribution < -0.4 is 10.1 Å². The van der Waals surface area contributed by atoms with Crippen LogP contribution in [0.4, 0.5) is 5.69 Å². The summed E-state index contributed by atoms with van der Waals surface area (Å²) in [4.78, 5) is 15.9. The number of nitrogens with zero attached hydrogens (tertiary/aromatic N) is 1. The van der Waals surface area contributed by atoms with Gasteiger partial charge in [0.2, 0.25) is 11.8 Å². The molecule has 0 saturated heterocycles. The lowest BCUT2D eigenvalue weighted by molar-refractivity contribution is -0.115. The van der Waals surface area contributed by atoms with Crippen LogP contribution in [0, 0.1) is 0 Å². The van der Waals surface area contributed by atoms with E-state index in [4.69, 9.17) is 16.3 Å². The molecule has 0 aliphatic heterocycles. The number of pyridine rings is 1. The Morgan fingerprint density at radius 2 is 2.09 bits per heavy atom. The number of sulfone groups is 1. The van der Waals surface area contributed by atoms with Crippen molar-refractivity contribution < 1.29 is 17.9 Å². The summed E-state index contributed by atoms with van der Waals surface area (Å²) in [5.41, 5.74) is 0.468. The van der Waals surface area contributed by atoms with Gasteiger partial charge in [-0.1, -0.05) is 17.7 Å². The van der Waals surface area contributed by atoms with E-state index >= 15 is 0 Å². The SMILES string of the molecule is COc1ccc(NC(=O)CCS(=O)(=O)c2cccc(Cl)c2)cn1. The molecule has 2 rings (SSSR count). The molecule has 0 fully saturated rings. The standard InChI is InChI=1S/C15H15ClN2O4S/c1-22-15-6-5-12(10-17-15)18-14(19)7-8-23(20,21)13-4-2-3-11(16)9-13/h2-6,9-10H,7-8H2,1H3,(H,18,19). The predicted molar refractivity (Wildman–Crippen MR) is 87.5 cm³/mol. The Labute approximate surface area is 139 Å². The molecule has 2 aromatic rings. The molecule has 1 aromatic heterocycles. The van der Waals surface area contributed by atoms with Gasteiger partial charge in [-0.25, -0.2) is 13.4 Å². The van der Waals surface area contributed by atoms with E-state index in [1.54, 1.807) is 24.3 Å². The molecule has 0 aliphatic carbocycles. The zero-order valence-corrected chi connectivity index (χ0v) is 13.9. The Hall–Kier alpha value is -2.12. The van der Waals surface area contributed by atoms with Crippen molar-refractivity contribution in [3.63, 3.8) is 0 Å². The highest BCUT2D eigenvalue weighted by atomic mass is 35.5. The first-order valence-electron chi connectivity index (χ1n) is 6.69. The van der Waals surface area contributed by atoms with Gasteiger partial charge in [0.1, 0.15) is 0 Å². The first kappa shape index (κ1) is 17.2. The molecule has 1 amide bonds. The number of methoxy groups -OCH3 is 1. The van der Waals surface area contributed by atoms with E-state index in [1.165, 1.54) is 25.4 Å². The van der Waals surface area contributed by atoms with Crippen molar-refractivity contribution in [3.8, 4) is 5.88 Å². The number of ether oxygens (including phenoxy) is 1. The molecule has 0 bridgehead atoms. The fourth-order valence-electron chi connectivity index (χ4n) is 1.80. The third-order valence-corrected chi connectivity index (χ3v) is 4.93. The van der Waals surface area contributed by atoms with E-state index in [9.17, 15) is 13.2 Å². The number of amides is 1. The van der Waals surface area contributed by atoms with Gasteiger partial charge in [-0.2, -0.15) is 0 Å². The second-order valence-electron chi connectivity index (χ2n) is 4.66. The normalized spacial score (nSPS) is 11.0. The van der Waals surface area contributed by atoms with Crippen molar-refractivity contribution in [2.24, 2.45) is 0 Å². The maximum absolute atomic E-state index is 12.2. The molecule has 1 heterocycles. The number of anilines is 1. The summed E-state index contributed by atoms with van der Waals surface area (Å²) >= 11 is 5.78. The molecule has 0 spiro atoms. The second kappa shape index (κ2) is 7.43. The van der Waals surface area contributed by atoms with E-state index in [2.05, 4.69) is 10.3 Å². The Bertz CT molecular complexity index is 791. The van der Waals surface area contributed by atoms with E-state index < -0.39 is 15.7 Å². The summed E-state index contributed by atoms with van der Waals surface area (Å²) in [7, 11) is -2.07. The first-order chi connectivity index (χ1) is 10.9. The van der Waals surface area contributed by atoms with Crippen molar-refractivity contribution in [2.75, 3.05) is 18.2 Å². The molecular weight excluding hydrogens is 340 g/mol. The smallest absolute Gasteiger partial charge is 0.225 e. The lowest BCUT2D eigenvalue weighted by Gasteiger charge is -2.07. The van der Waals surface area contributed by atoms with Gasteiger partial charge in [0, 0.05) is 17.5 Å². The van der Waals surface area contributed by atoms with Crippen molar-refractivity contribution in [3.05, 3.63) is 47.6 Å². The number of carbonyl (C=O) groups is 1. The highest BCUT2D eigenvalue weighted by Gasteiger charge is 2.17. The van der Waals surface area contributed by atoms with Gasteiger partial charge in [0.25, 0.3) is 0 Å². The largest absolute Gasteiger partial charge is 0.481 e. The van der Waals surface area contributed by atoms with Gasteiger partial charge in [-0.05, 0) is 24.3 Å². The zero-order chi connectivity index (χ0) is 16.9. The number of rotatable bonds is 6. The van der Waals surface area contributed by atoms with Gasteiger partial charge in [-0.3, -0.25) is 4.79 Å². The van der Waals surface area contributed by atoms with Gasteiger partial charge < -0.3 is 10.1 Å². The lowest BCUT2D eigenvalue weighted by Crippen LogP contribution is -2.17. The third kappa shape index (κ3) is 4.94. The minimum Gasteiger partial charge on any atom is -0.481 e. The maximum atomic E-state index is 12.2. The third-order valence-electron chi connectivity index (χ3n) is 2.98. The van der Waals surface area contributed by atoms with E-state index in [0.29, 0.717) is 16.6 Å². The number of benzene rings is 1. The van der Waals surface area contributed by atoms with Crippen LogP contribution in [0.1, 0.15) is 6.42 Å². The minimum atomic E-state index is -3.56. The summed E-state index contributed by atoms with van der Waals surface area (Å²) in [6.45, 7) is 0. The Kier molecular flexibility index (Phi) is 5.57. The van der Waals surface area contributed by atoms with Crippen LogP contribution in [0.3, 0.4) is 0 Å². The van der Waals surface area contributed by atoms with Crippen molar-refractivity contribution in [2.45, 2.75) is 11.3 Å². The van der Waals surface area contributed by atoms with Crippen LogP contribution in [0.5, 0.6) is 5.88 Å². The van der Waals surface area contributed by atoms with Gasteiger partial charge in [0.05, 0.1) is 29.6 Å². The molecular formula is C15H15ClN2O4S. The molecule has 8 heteroatoms. The summed E-state index contributed by atoms with van der Waals surface area (Å²) < 4.78 is 29.2. The van der Waals surface area contributed by atoms with Crippen LogP contribution in [0.15, 0.2) is 47.5 Å². The summed E-state index contributed by atoms with van der Waals surface area (Å²) in [6.07, 6.45) is 1.27. The lowest BCUT2D eigenvalue weighted by atomic mass is 10.4. The van der Waals surface area contributed by atoms with Crippen LogP contribution in [0.2, 0.25) is 5.02 Å². The number of carbonyl (C=O) groups excluding carboxylic acids is 1. The number of hydrogen-bond donors (Lipinski definition) is 1. The van der Waals surface area contributed by atoms with Crippen LogP contribution in [0.25, 0.3) is 0 Å². The maximum Gasteiger partial charge on any atom is 0.225 e. The van der Waals surface area contributed by atoms with Gasteiger partial charge in [0.15, 0.2) is 9.84 Å². The molecule has 0 saturated carbocycles. The van der Waals surface area contributed by atoms with Crippen molar-refractivity contribution in [1.29, 1.82) is 0 Å². The molecule has 122 valence electrons. The number of halogens is 1. The molecule has 0 radical (unpaired) electrons. The zero-order valence-electron chi connectivity index (χ0n) is 12.3. The summed E-state index contributed by atoms with van der Waals surface area (Å²) in [5, 5.41) is 2.91. The number of aromatic nitrogens is 1. The Morgan fingerprint density at radius 3 is 2.70 bits per heavy atom. The first-order valence-corrected chi connectivity index (χ1v) is 8.72. The highest BCUT2D eigenvalue weighted by molar-refractivity contribution is 7.91. The molecule has 6 nitrogen and oxygen atoms in total. The van der Waals surface area contributed by atoms with Crippen molar-refractivity contribution in [1.82, 2.24) is 4.98 Å². The number of hydrogen-bond acceptors (Lipinski definition) is 5. The Morgan fingerprint density at radius 1 is 1.30 bits per heavy atom. The van der Waals surface area contributed by atoms with Crippen molar-refractivity contribution >= 4 is 33.0 Å². The van der Waals surface area contributed by atoms with Crippen LogP contribution in [-0.4, -0.2) is 32.2 Å². The quantitative estimate of drug-likeness (QED) is 0.861. The minimum absolute atomic E-state index is 0.101. The monoisotopic (exact) mass is 354 g/mol. The summed E-state index contributed by atoms with van der Waals surface area (Å²) in [6, 6.07) is 9.17. The molecule has 1 aromatic carbocycles.